The van der Waals surface area contributed by atoms with Crippen molar-refractivity contribution in [2.75, 3.05) is 11.9 Å². The van der Waals surface area contributed by atoms with E-state index >= 15 is 0 Å². The van der Waals surface area contributed by atoms with E-state index in [-0.39, 0.29) is 6.04 Å². The molecule has 0 saturated heterocycles. The van der Waals surface area contributed by atoms with E-state index in [0.717, 1.165) is 44.2 Å². The van der Waals surface area contributed by atoms with Crippen LogP contribution in [0.25, 0.3) is 0 Å². The Morgan fingerprint density at radius 3 is 2.43 bits per heavy atom. The fourth-order valence-corrected chi connectivity index (χ4v) is 3.16. The maximum atomic E-state index is 13.8. The molecular formula is C15H17BrF3NO. The quantitative estimate of drug-likeness (QED) is 0.577. The Hall–Kier alpha value is -1.04. The molecule has 0 aromatic heterocycles. The van der Waals surface area contributed by atoms with Crippen LogP contribution >= 0.6 is 15.9 Å². The highest BCUT2D eigenvalue weighted by Gasteiger charge is 2.28. The SMILES string of the molecule is O=C(c1ccc(F)c(F)c1F)N(CCBr)C1CCCCC1. The van der Waals surface area contributed by atoms with Gasteiger partial charge in [0.2, 0.25) is 0 Å². The highest BCUT2D eigenvalue weighted by molar-refractivity contribution is 9.09. The Morgan fingerprint density at radius 2 is 1.81 bits per heavy atom. The summed E-state index contributed by atoms with van der Waals surface area (Å²) in [6.07, 6.45) is 4.91. The molecule has 1 aliphatic rings. The molecule has 116 valence electrons. The van der Waals surface area contributed by atoms with Gasteiger partial charge < -0.3 is 4.90 Å². The first-order valence-corrected chi connectivity index (χ1v) is 8.19. The minimum Gasteiger partial charge on any atom is -0.335 e. The zero-order valence-corrected chi connectivity index (χ0v) is 13.1. The smallest absolute Gasteiger partial charge is 0.257 e. The monoisotopic (exact) mass is 363 g/mol. The third-order valence-electron chi connectivity index (χ3n) is 3.87. The molecule has 2 rings (SSSR count). The molecule has 0 N–H and O–H groups in total. The molecule has 0 aliphatic heterocycles. The minimum absolute atomic E-state index is 0.0383. The first-order valence-electron chi connectivity index (χ1n) is 7.06. The summed E-state index contributed by atoms with van der Waals surface area (Å²) in [5.74, 6) is -4.86. The van der Waals surface area contributed by atoms with Crippen molar-refractivity contribution in [3.05, 3.63) is 35.1 Å². The van der Waals surface area contributed by atoms with Crippen molar-refractivity contribution in [1.82, 2.24) is 4.90 Å². The van der Waals surface area contributed by atoms with Crippen molar-refractivity contribution in [2.24, 2.45) is 0 Å². The number of carbonyl (C=O) groups is 1. The zero-order valence-electron chi connectivity index (χ0n) is 11.5. The number of hydrogen-bond acceptors (Lipinski definition) is 1. The van der Waals surface area contributed by atoms with E-state index in [9.17, 15) is 18.0 Å². The molecule has 2 nitrogen and oxygen atoms in total. The first-order chi connectivity index (χ1) is 10.1. The molecule has 21 heavy (non-hydrogen) atoms. The molecule has 1 saturated carbocycles. The number of benzene rings is 1. The fourth-order valence-electron chi connectivity index (χ4n) is 2.78. The van der Waals surface area contributed by atoms with Crippen molar-refractivity contribution >= 4 is 21.8 Å². The lowest BCUT2D eigenvalue weighted by atomic mass is 9.93. The van der Waals surface area contributed by atoms with Crippen LogP contribution in [0.1, 0.15) is 42.5 Å². The van der Waals surface area contributed by atoms with Crippen LogP contribution in [0.5, 0.6) is 0 Å². The van der Waals surface area contributed by atoms with Crippen LogP contribution in [-0.2, 0) is 0 Å². The predicted molar refractivity (Wildman–Crippen MR) is 78.0 cm³/mol. The topological polar surface area (TPSA) is 20.3 Å². The van der Waals surface area contributed by atoms with Crippen molar-refractivity contribution in [1.29, 1.82) is 0 Å². The van der Waals surface area contributed by atoms with E-state index in [4.69, 9.17) is 0 Å². The van der Waals surface area contributed by atoms with Crippen LogP contribution < -0.4 is 0 Å². The lowest BCUT2D eigenvalue weighted by Crippen LogP contribution is -2.43. The van der Waals surface area contributed by atoms with Gasteiger partial charge in [0.15, 0.2) is 17.5 Å². The number of carbonyl (C=O) groups excluding carboxylic acids is 1. The molecule has 0 unspecified atom stereocenters. The average molecular weight is 364 g/mol. The molecule has 1 fully saturated rings. The minimum atomic E-state index is -1.59. The molecule has 1 aliphatic carbocycles. The van der Waals surface area contributed by atoms with Crippen molar-refractivity contribution < 1.29 is 18.0 Å². The standard InChI is InChI=1S/C15H17BrF3NO/c16-8-9-20(10-4-2-1-3-5-10)15(21)11-6-7-12(17)14(19)13(11)18/h6-7,10H,1-5,8-9H2. The van der Waals surface area contributed by atoms with Gasteiger partial charge in [0, 0.05) is 17.9 Å². The van der Waals surface area contributed by atoms with Gasteiger partial charge in [0.25, 0.3) is 5.91 Å². The number of hydrogen-bond donors (Lipinski definition) is 0. The number of alkyl halides is 1. The summed E-state index contributed by atoms with van der Waals surface area (Å²) < 4.78 is 40.1. The molecule has 1 aromatic carbocycles. The zero-order chi connectivity index (χ0) is 15.4. The van der Waals surface area contributed by atoms with Crippen LogP contribution in [0.3, 0.4) is 0 Å². The van der Waals surface area contributed by atoms with Gasteiger partial charge in [-0.15, -0.1) is 0 Å². The van der Waals surface area contributed by atoms with E-state index in [1.807, 2.05) is 0 Å². The van der Waals surface area contributed by atoms with Gasteiger partial charge >= 0.3 is 0 Å². The summed E-state index contributed by atoms with van der Waals surface area (Å²) in [5.41, 5.74) is -0.402. The summed E-state index contributed by atoms with van der Waals surface area (Å²) >= 11 is 3.28. The molecule has 0 heterocycles. The maximum absolute atomic E-state index is 13.8. The van der Waals surface area contributed by atoms with E-state index in [2.05, 4.69) is 15.9 Å². The lowest BCUT2D eigenvalue weighted by molar-refractivity contribution is 0.0645. The molecule has 1 aromatic rings. The highest BCUT2D eigenvalue weighted by Crippen LogP contribution is 2.25. The molecule has 0 spiro atoms. The second-order valence-corrected chi connectivity index (χ2v) is 6.00. The van der Waals surface area contributed by atoms with Crippen LogP contribution in [0.4, 0.5) is 13.2 Å². The second kappa shape index (κ2) is 7.29. The summed E-state index contributed by atoms with van der Waals surface area (Å²) in [7, 11) is 0. The molecule has 0 bridgehead atoms. The molecule has 6 heteroatoms. The van der Waals surface area contributed by atoms with Gasteiger partial charge in [0.05, 0.1) is 5.56 Å². The largest absolute Gasteiger partial charge is 0.335 e. The van der Waals surface area contributed by atoms with Crippen molar-refractivity contribution in [2.45, 2.75) is 38.1 Å². The van der Waals surface area contributed by atoms with Crippen LogP contribution in [-0.4, -0.2) is 28.7 Å². The highest BCUT2D eigenvalue weighted by atomic mass is 79.9. The number of rotatable bonds is 4. The van der Waals surface area contributed by atoms with Crippen molar-refractivity contribution in [3.63, 3.8) is 0 Å². The predicted octanol–water partition coefficient (Wildman–Crippen LogP) is 4.27. The van der Waals surface area contributed by atoms with Crippen LogP contribution in [0, 0.1) is 17.5 Å². The Bertz CT molecular complexity index is 518. The van der Waals surface area contributed by atoms with E-state index in [0.29, 0.717) is 11.9 Å². The fraction of sp³-hybridized carbons (Fsp3) is 0.533. The number of halogens is 4. The molecule has 0 atom stereocenters. The van der Waals surface area contributed by atoms with E-state index in [1.165, 1.54) is 0 Å². The summed E-state index contributed by atoms with van der Waals surface area (Å²) in [4.78, 5) is 14.1. The summed E-state index contributed by atoms with van der Waals surface area (Å²) in [6.45, 7) is 0.419. The lowest BCUT2D eigenvalue weighted by Gasteiger charge is -2.34. The normalized spacial score (nSPS) is 16.0. The van der Waals surface area contributed by atoms with Gasteiger partial charge in [-0.2, -0.15) is 0 Å². The Labute approximate surface area is 130 Å². The Balaban J connectivity index is 2.27. The molecular weight excluding hydrogens is 347 g/mol. The van der Waals surface area contributed by atoms with E-state index in [1.54, 1.807) is 4.90 Å². The van der Waals surface area contributed by atoms with Gasteiger partial charge in [-0.25, -0.2) is 13.2 Å². The second-order valence-electron chi connectivity index (χ2n) is 5.20. The average Bonchev–Trinajstić information content (AvgIpc) is 2.51. The van der Waals surface area contributed by atoms with Gasteiger partial charge in [0.1, 0.15) is 0 Å². The Morgan fingerprint density at radius 1 is 1.14 bits per heavy atom. The molecule has 0 radical (unpaired) electrons. The Kier molecular flexibility index (Phi) is 5.67. The summed E-state index contributed by atoms with van der Waals surface area (Å²) in [6, 6.07) is 1.84. The molecule has 1 amide bonds. The number of nitrogens with zero attached hydrogens (tertiary/aromatic N) is 1. The van der Waals surface area contributed by atoms with Crippen LogP contribution in [0.15, 0.2) is 12.1 Å². The van der Waals surface area contributed by atoms with Gasteiger partial charge in [-0.05, 0) is 25.0 Å². The van der Waals surface area contributed by atoms with Gasteiger partial charge in [-0.1, -0.05) is 35.2 Å². The first kappa shape index (κ1) is 16.3. The van der Waals surface area contributed by atoms with Gasteiger partial charge in [-0.3, -0.25) is 4.79 Å². The third kappa shape index (κ3) is 3.59. The van der Waals surface area contributed by atoms with E-state index < -0.39 is 28.9 Å². The summed E-state index contributed by atoms with van der Waals surface area (Å²) in [5, 5.41) is 0.556. The van der Waals surface area contributed by atoms with Crippen LogP contribution in [0.2, 0.25) is 0 Å². The maximum Gasteiger partial charge on any atom is 0.257 e. The van der Waals surface area contributed by atoms with Crippen molar-refractivity contribution in [3.8, 4) is 0 Å². The number of amides is 1. The third-order valence-corrected chi connectivity index (χ3v) is 4.22.